The monoisotopic (exact) mass is 471 g/mol. The Labute approximate surface area is 213 Å². The topological polar surface area (TPSA) is 38.7 Å². The smallest absolute Gasteiger partial charge is 0.319 e. The highest BCUT2D eigenvalue weighted by Gasteiger charge is 2.22. The van der Waals surface area contributed by atoms with Crippen molar-refractivity contribution in [2.45, 2.75) is 13.8 Å². The van der Waals surface area contributed by atoms with Gasteiger partial charge in [-0.3, -0.25) is 0 Å². The van der Waals surface area contributed by atoms with Gasteiger partial charge in [-0.2, -0.15) is 0 Å². The highest BCUT2D eigenvalue weighted by atomic mass is 16.7. The van der Waals surface area contributed by atoms with Crippen molar-refractivity contribution in [3.63, 3.8) is 0 Å². The molecule has 0 fully saturated rings. The van der Waals surface area contributed by atoms with E-state index < -0.39 is 11.4 Å². The van der Waals surface area contributed by atoms with Crippen LogP contribution in [-0.4, -0.2) is 12.2 Å². The van der Waals surface area contributed by atoms with E-state index in [1.165, 1.54) is 6.92 Å². The number of benzene rings is 4. The molecule has 0 aliphatic rings. The summed E-state index contributed by atoms with van der Waals surface area (Å²) >= 11 is 0. The van der Waals surface area contributed by atoms with Gasteiger partial charge in [-0.1, -0.05) is 139 Å². The number of carbonyl (C=O) groups excluding carboxylic acids is 1. The Morgan fingerprint density at radius 3 is 1.19 bits per heavy atom. The fourth-order valence-corrected chi connectivity index (χ4v) is 4.09. The average Bonchev–Trinajstić information content (AvgIpc) is 2.92. The third-order valence-electron chi connectivity index (χ3n) is 5.76. The lowest BCUT2D eigenvalue weighted by atomic mass is 9.81. The quantitative estimate of drug-likeness (QED) is 0.149. The van der Waals surface area contributed by atoms with E-state index in [1.807, 2.05) is 72.8 Å². The molecule has 0 aromatic heterocycles. The highest BCUT2D eigenvalue weighted by Crippen LogP contribution is 2.34. The fourth-order valence-electron chi connectivity index (χ4n) is 4.09. The minimum Gasteiger partial charge on any atom is -0.319 e. The number of hydrogen-bond acceptors (Lipinski definition) is 3. The van der Waals surface area contributed by atoms with E-state index in [0.29, 0.717) is 0 Å². The Bertz CT molecular complexity index is 1180. The van der Waals surface area contributed by atoms with Crippen LogP contribution in [0.4, 0.5) is 0 Å². The van der Waals surface area contributed by atoms with E-state index >= 15 is 0 Å². The standard InChI is InChI=1S/C33H29NO2/c1-26(35)36-34-25-33(2,23-31(27-15-7-3-8-16-27)28-17-9-4-10-18-28)24-32(29-19-11-5-12-20-29)30-21-13-6-14-22-30/h3-25H,1-2H3/b34-25+. The van der Waals surface area contributed by atoms with Gasteiger partial charge in [0.05, 0.1) is 6.21 Å². The molecule has 0 saturated heterocycles. The van der Waals surface area contributed by atoms with Crippen LogP contribution in [0.3, 0.4) is 0 Å². The summed E-state index contributed by atoms with van der Waals surface area (Å²) in [5.74, 6) is -0.459. The second-order valence-electron chi connectivity index (χ2n) is 8.76. The third kappa shape index (κ3) is 6.55. The lowest BCUT2D eigenvalue weighted by Gasteiger charge is -2.22. The Kier molecular flexibility index (Phi) is 8.05. The normalized spacial score (nSPS) is 11.1. The second-order valence-corrected chi connectivity index (χ2v) is 8.76. The maximum atomic E-state index is 11.5. The molecule has 0 aliphatic carbocycles. The Balaban J connectivity index is 1.95. The second kappa shape index (κ2) is 11.8. The van der Waals surface area contributed by atoms with Crippen molar-refractivity contribution in [2.75, 3.05) is 0 Å². The molecule has 0 heterocycles. The van der Waals surface area contributed by atoms with E-state index in [0.717, 1.165) is 33.4 Å². The van der Waals surface area contributed by atoms with Crippen LogP contribution in [0.5, 0.6) is 0 Å². The summed E-state index contributed by atoms with van der Waals surface area (Å²) in [7, 11) is 0. The van der Waals surface area contributed by atoms with Crippen molar-refractivity contribution in [1.82, 2.24) is 0 Å². The van der Waals surface area contributed by atoms with Gasteiger partial charge in [0.25, 0.3) is 0 Å². The van der Waals surface area contributed by atoms with Crippen LogP contribution in [0, 0.1) is 5.41 Å². The number of oxime groups is 1. The number of rotatable bonds is 8. The molecule has 0 saturated carbocycles. The van der Waals surface area contributed by atoms with Crippen LogP contribution in [0.15, 0.2) is 139 Å². The zero-order chi connectivity index (χ0) is 25.2. The molecule has 3 heteroatoms. The zero-order valence-electron chi connectivity index (χ0n) is 20.5. The summed E-state index contributed by atoms with van der Waals surface area (Å²) in [4.78, 5) is 16.5. The van der Waals surface area contributed by atoms with Gasteiger partial charge in [0.15, 0.2) is 0 Å². The van der Waals surface area contributed by atoms with Gasteiger partial charge >= 0.3 is 5.97 Å². The Morgan fingerprint density at radius 2 is 0.917 bits per heavy atom. The maximum Gasteiger partial charge on any atom is 0.331 e. The molecule has 3 nitrogen and oxygen atoms in total. The largest absolute Gasteiger partial charge is 0.331 e. The van der Waals surface area contributed by atoms with Crippen LogP contribution in [0.2, 0.25) is 0 Å². The molecule has 0 bridgehead atoms. The van der Waals surface area contributed by atoms with Crippen molar-refractivity contribution in [3.05, 3.63) is 156 Å². The highest BCUT2D eigenvalue weighted by molar-refractivity contribution is 5.88. The molecule has 0 atom stereocenters. The number of hydrogen-bond donors (Lipinski definition) is 0. The van der Waals surface area contributed by atoms with Crippen molar-refractivity contribution in [1.29, 1.82) is 0 Å². The van der Waals surface area contributed by atoms with Gasteiger partial charge in [0, 0.05) is 12.3 Å². The Hall–Kier alpha value is -4.50. The van der Waals surface area contributed by atoms with Crippen LogP contribution in [-0.2, 0) is 9.63 Å². The molecular formula is C33H29NO2. The molecule has 0 amide bonds. The summed E-state index contributed by atoms with van der Waals surface area (Å²) in [6.07, 6.45) is 6.04. The first-order chi connectivity index (χ1) is 17.5. The molecule has 178 valence electrons. The van der Waals surface area contributed by atoms with Gasteiger partial charge in [-0.15, -0.1) is 0 Å². The molecule has 36 heavy (non-hydrogen) atoms. The summed E-state index contributed by atoms with van der Waals surface area (Å²) in [6, 6.07) is 41.1. The zero-order valence-corrected chi connectivity index (χ0v) is 20.5. The predicted octanol–water partition coefficient (Wildman–Crippen LogP) is 7.81. The summed E-state index contributed by atoms with van der Waals surface area (Å²) < 4.78 is 0. The van der Waals surface area contributed by atoms with Crippen molar-refractivity contribution < 1.29 is 9.63 Å². The molecule has 4 rings (SSSR count). The Morgan fingerprint density at radius 1 is 0.611 bits per heavy atom. The molecule has 4 aromatic rings. The van der Waals surface area contributed by atoms with Gasteiger partial charge in [-0.05, 0) is 40.3 Å². The number of allylic oxidation sites excluding steroid dienone is 2. The van der Waals surface area contributed by atoms with Crippen LogP contribution >= 0.6 is 0 Å². The SMILES string of the molecule is CC(=O)O/N=C/C(C)(C=C(c1ccccc1)c1ccccc1)C=C(c1ccccc1)c1ccccc1. The molecule has 0 aliphatic heterocycles. The summed E-state index contributed by atoms with van der Waals surface area (Å²) in [5.41, 5.74) is 5.78. The summed E-state index contributed by atoms with van der Waals surface area (Å²) in [5, 5.41) is 4.06. The minimum absolute atomic E-state index is 0.459. The van der Waals surface area contributed by atoms with Crippen LogP contribution < -0.4 is 0 Å². The minimum atomic E-state index is -0.697. The lowest BCUT2D eigenvalue weighted by Crippen LogP contribution is -2.15. The van der Waals surface area contributed by atoms with E-state index in [1.54, 1.807) is 6.21 Å². The molecule has 0 N–H and O–H groups in total. The molecule has 0 radical (unpaired) electrons. The molecule has 0 spiro atoms. The molecule has 0 unspecified atom stereocenters. The first-order valence-corrected chi connectivity index (χ1v) is 11.9. The third-order valence-corrected chi connectivity index (χ3v) is 5.76. The van der Waals surface area contributed by atoms with Gasteiger partial charge < -0.3 is 4.84 Å². The number of nitrogens with zero attached hydrogens (tertiary/aromatic N) is 1. The van der Waals surface area contributed by atoms with Gasteiger partial charge in [-0.25, -0.2) is 4.79 Å². The predicted molar refractivity (Wildman–Crippen MR) is 148 cm³/mol. The van der Waals surface area contributed by atoms with Crippen molar-refractivity contribution >= 4 is 23.3 Å². The van der Waals surface area contributed by atoms with Crippen molar-refractivity contribution in [2.24, 2.45) is 10.6 Å². The lowest BCUT2D eigenvalue weighted by molar-refractivity contribution is -0.140. The van der Waals surface area contributed by atoms with E-state index in [2.05, 4.69) is 72.8 Å². The van der Waals surface area contributed by atoms with E-state index in [4.69, 9.17) is 4.84 Å². The average molecular weight is 472 g/mol. The first-order valence-electron chi connectivity index (χ1n) is 11.9. The van der Waals surface area contributed by atoms with Crippen LogP contribution in [0.25, 0.3) is 11.1 Å². The fraction of sp³-hybridized carbons (Fsp3) is 0.0909. The van der Waals surface area contributed by atoms with E-state index in [-0.39, 0.29) is 0 Å². The number of carbonyl (C=O) groups is 1. The molecule has 4 aromatic carbocycles. The molecular weight excluding hydrogens is 442 g/mol. The first kappa shape index (κ1) is 24.6. The maximum absolute atomic E-state index is 11.5. The van der Waals surface area contributed by atoms with Gasteiger partial charge in [0.1, 0.15) is 0 Å². The summed E-state index contributed by atoms with van der Waals surface area (Å²) in [6.45, 7) is 3.41. The van der Waals surface area contributed by atoms with Crippen LogP contribution in [0.1, 0.15) is 36.1 Å². The van der Waals surface area contributed by atoms with Gasteiger partial charge in [0.2, 0.25) is 0 Å². The van der Waals surface area contributed by atoms with E-state index in [9.17, 15) is 4.79 Å². The van der Waals surface area contributed by atoms with Crippen molar-refractivity contribution in [3.8, 4) is 0 Å².